The molecule has 0 amide bonds. The smallest absolute Gasteiger partial charge is 0.354 e. The second kappa shape index (κ2) is 2.93. The fraction of sp³-hybridized carbons (Fsp3) is 0.250. The molecule has 0 bridgehead atoms. The molecule has 5 nitrogen and oxygen atoms in total. The van der Waals surface area contributed by atoms with Crippen molar-refractivity contribution in [2.24, 2.45) is 0 Å². The van der Waals surface area contributed by atoms with Gasteiger partial charge in [0.1, 0.15) is 6.61 Å². The van der Waals surface area contributed by atoms with Crippen LogP contribution in [0.15, 0.2) is 12.1 Å². The van der Waals surface area contributed by atoms with Crippen LogP contribution in [-0.2, 0) is 0 Å². The van der Waals surface area contributed by atoms with Crippen LogP contribution in [0.5, 0.6) is 5.88 Å². The van der Waals surface area contributed by atoms with E-state index in [2.05, 4.69) is 10.3 Å². The second-order valence-electron chi connectivity index (χ2n) is 2.63. The average molecular weight is 180 g/mol. The Morgan fingerprint density at radius 3 is 3.23 bits per heavy atom. The van der Waals surface area contributed by atoms with Gasteiger partial charge >= 0.3 is 5.97 Å². The first-order valence-corrected chi connectivity index (χ1v) is 3.88. The van der Waals surface area contributed by atoms with Crippen LogP contribution in [0.25, 0.3) is 0 Å². The quantitative estimate of drug-likeness (QED) is 0.661. The standard InChI is InChI=1S/C8H8N2O3/c11-8(12)6-2-1-5-7(10-6)13-4-3-9-5/h1-2,9H,3-4H2,(H,11,12). The first-order chi connectivity index (χ1) is 6.27. The highest BCUT2D eigenvalue weighted by atomic mass is 16.5. The Hall–Kier alpha value is -1.78. The summed E-state index contributed by atoms with van der Waals surface area (Å²) in [5, 5.41) is 11.7. The minimum absolute atomic E-state index is 0.00227. The van der Waals surface area contributed by atoms with Crippen molar-refractivity contribution in [1.82, 2.24) is 4.98 Å². The molecule has 0 aromatic carbocycles. The first kappa shape index (κ1) is 7.85. The molecule has 0 atom stereocenters. The van der Waals surface area contributed by atoms with Crippen molar-refractivity contribution in [1.29, 1.82) is 0 Å². The van der Waals surface area contributed by atoms with Crippen LogP contribution in [0.3, 0.4) is 0 Å². The number of ether oxygens (including phenoxy) is 1. The lowest BCUT2D eigenvalue weighted by molar-refractivity contribution is 0.0689. The zero-order valence-corrected chi connectivity index (χ0v) is 6.78. The Bertz CT molecular complexity index is 351. The summed E-state index contributed by atoms with van der Waals surface area (Å²) in [7, 11) is 0. The molecule has 0 saturated carbocycles. The van der Waals surface area contributed by atoms with Crippen molar-refractivity contribution in [3.05, 3.63) is 17.8 Å². The van der Waals surface area contributed by atoms with Gasteiger partial charge in [0.2, 0.25) is 5.88 Å². The second-order valence-corrected chi connectivity index (χ2v) is 2.63. The Morgan fingerprint density at radius 2 is 2.46 bits per heavy atom. The van der Waals surface area contributed by atoms with Gasteiger partial charge in [-0.05, 0) is 12.1 Å². The number of rotatable bonds is 1. The summed E-state index contributed by atoms with van der Waals surface area (Å²) in [6.07, 6.45) is 0. The molecule has 1 aromatic rings. The van der Waals surface area contributed by atoms with Gasteiger partial charge in [0.15, 0.2) is 5.69 Å². The average Bonchev–Trinajstić information content (AvgIpc) is 2.17. The lowest BCUT2D eigenvalue weighted by atomic mass is 10.3. The molecule has 1 aromatic heterocycles. The van der Waals surface area contributed by atoms with Crippen molar-refractivity contribution in [3.8, 4) is 5.88 Å². The Morgan fingerprint density at radius 1 is 1.62 bits per heavy atom. The largest absolute Gasteiger partial charge is 0.477 e. The zero-order chi connectivity index (χ0) is 9.26. The number of aromatic carboxylic acids is 1. The van der Waals surface area contributed by atoms with Crippen LogP contribution in [-0.4, -0.2) is 29.2 Å². The van der Waals surface area contributed by atoms with Crippen LogP contribution < -0.4 is 10.1 Å². The SMILES string of the molecule is O=C(O)c1ccc2c(n1)OCCN2. The topological polar surface area (TPSA) is 71.5 Å². The van der Waals surface area contributed by atoms with Crippen molar-refractivity contribution in [3.63, 3.8) is 0 Å². The van der Waals surface area contributed by atoms with Crippen LogP contribution >= 0.6 is 0 Å². The molecule has 0 unspecified atom stereocenters. The van der Waals surface area contributed by atoms with E-state index in [1.165, 1.54) is 6.07 Å². The van der Waals surface area contributed by atoms with Gasteiger partial charge in [0.05, 0.1) is 5.69 Å². The normalized spacial score (nSPS) is 13.8. The van der Waals surface area contributed by atoms with E-state index in [1.54, 1.807) is 6.07 Å². The van der Waals surface area contributed by atoms with E-state index < -0.39 is 5.97 Å². The fourth-order valence-corrected chi connectivity index (χ4v) is 1.14. The Balaban J connectivity index is 2.40. The van der Waals surface area contributed by atoms with E-state index in [0.29, 0.717) is 12.5 Å². The third-order valence-electron chi connectivity index (χ3n) is 1.74. The number of nitrogens with zero attached hydrogens (tertiary/aromatic N) is 1. The van der Waals surface area contributed by atoms with Gasteiger partial charge in [-0.2, -0.15) is 0 Å². The third-order valence-corrected chi connectivity index (χ3v) is 1.74. The van der Waals surface area contributed by atoms with Crippen molar-refractivity contribution in [2.45, 2.75) is 0 Å². The summed E-state index contributed by atoms with van der Waals surface area (Å²) >= 11 is 0. The summed E-state index contributed by atoms with van der Waals surface area (Å²) in [5.41, 5.74) is 0.749. The lowest BCUT2D eigenvalue weighted by Crippen LogP contribution is -2.19. The number of carboxylic acids is 1. The lowest BCUT2D eigenvalue weighted by Gasteiger charge is -2.17. The summed E-state index contributed by atoms with van der Waals surface area (Å²) in [6.45, 7) is 1.24. The maximum absolute atomic E-state index is 10.5. The van der Waals surface area contributed by atoms with E-state index in [4.69, 9.17) is 9.84 Å². The summed E-state index contributed by atoms with van der Waals surface area (Å²) in [6, 6.07) is 3.10. The fourth-order valence-electron chi connectivity index (χ4n) is 1.14. The molecule has 1 aliphatic rings. The Labute approximate surface area is 74.4 Å². The molecule has 0 saturated heterocycles. The molecule has 2 rings (SSSR count). The van der Waals surface area contributed by atoms with E-state index in [9.17, 15) is 4.79 Å². The minimum atomic E-state index is -1.04. The number of pyridine rings is 1. The van der Waals surface area contributed by atoms with Gasteiger partial charge in [-0.1, -0.05) is 0 Å². The van der Waals surface area contributed by atoms with Crippen molar-refractivity contribution >= 4 is 11.7 Å². The van der Waals surface area contributed by atoms with Gasteiger partial charge < -0.3 is 15.2 Å². The molecule has 0 fully saturated rings. The molecular formula is C8H8N2O3. The molecule has 2 heterocycles. The zero-order valence-electron chi connectivity index (χ0n) is 6.78. The van der Waals surface area contributed by atoms with Crippen LogP contribution in [0.2, 0.25) is 0 Å². The molecule has 0 spiro atoms. The number of anilines is 1. The summed E-state index contributed by atoms with van der Waals surface area (Å²) in [5.74, 6) is -0.678. The highest BCUT2D eigenvalue weighted by molar-refractivity contribution is 5.86. The van der Waals surface area contributed by atoms with E-state index in [1.807, 2.05) is 0 Å². The Kier molecular flexibility index (Phi) is 1.77. The number of hydrogen-bond acceptors (Lipinski definition) is 4. The molecule has 2 N–H and O–H groups in total. The molecule has 68 valence electrons. The number of nitrogens with one attached hydrogen (secondary N) is 1. The van der Waals surface area contributed by atoms with Crippen LogP contribution in [0.1, 0.15) is 10.5 Å². The number of carboxylic acid groups (broad SMARTS) is 1. The highest BCUT2D eigenvalue weighted by Crippen LogP contribution is 2.24. The number of aromatic nitrogens is 1. The maximum Gasteiger partial charge on any atom is 0.354 e. The minimum Gasteiger partial charge on any atom is -0.477 e. The third kappa shape index (κ3) is 1.40. The number of fused-ring (bicyclic) bond motifs is 1. The van der Waals surface area contributed by atoms with Crippen LogP contribution in [0, 0.1) is 0 Å². The van der Waals surface area contributed by atoms with Gasteiger partial charge in [0.25, 0.3) is 0 Å². The van der Waals surface area contributed by atoms with Gasteiger partial charge in [-0.15, -0.1) is 0 Å². The maximum atomic E-state index is 10.5. The monoisotopic (exact) mass is 180 g/mol. The number of hydrogen-bond donors (Lipinski definition) is 2. The van der Waals surface area contributed by atoms with Gasteiger partial charge in [0, 0.05) is 6.54 Å². The van der Waals surface area contributed by atoms with Gasteiger partial charge in [-0.3, -0.25) is 0 Å². The predicted molar refractivity (Wildman–Crippen MR) is 45.2 cm³/mol. The molecular weight excluding hydrogens is 172 g/mol. The molecule has 0 aliphatic carbocycles. The number of carbonyl (C=O) groups is 1. The first-order valence-electron chi connectivity index (χ1n) is 3.88. The van der Waals surface area contributed by atoms with Gasteiger partial charge in [-0.25, -0.2) is 9.78 Å². The molecule has 1 aliphatic heterocycles. The summed E-state index contributed by atoms with van der Waals surface area (Å²) in [4.78, 5) is 14.4. The summed E-state index contributed by atoms with van der Waals surface area (Å²) < 4.78 is 5.18. The molecule has 13 heavy (non-hydrogen) atoms. The van der Waals surface area contributed by atoms with E-state index >= 15 is 0 Å². The highest BCUT2D eigenvalue weighted by Gasteiger charge is 2.13. The molecule has 5 heteroatoms. The predicted octanol–water partition coefficient (Wildman–Crippen LogP) is 0.584. The van der Waals surface area contributed by atoms with E-state index in [0.717, 1.165) is 12.2 Å². The molecule has 0 radical (unpaired) electrons. The van der Waals surface area contributed by atoms with Crippen molar-refractivity contribution in [2.75, 3.05) is 18.5 Å². The van der Waals surface area contributed by atoms with Crippen molar-refractivity contribution < 1.29 is 14.6 Å². The van der Waals surface area contributed by atoms with Crippen LogP contribution in [0.4, 0.5) is 5.69 Å². The van der Waals surface area contributed by atoms with E-state index in [-0.39, 0.29) is 5.69 Å².